The van der Waals surface area contributed by atoms with Gasteiger partial charge in [-0.1, -0.05) is 19.1 Å². The van der Waals surface area contributed by atoms with Crippen LogP contribution < -0.4 is 4.74 Å². The summed E-state index contributed by atoms with van der Waals surface area (Å²) >= 11 is 0. The Hall–Kier alpha value is -2.04. The van der Waals surface area contributed by atoms with Gasteiger partial charge in [-0.3, -0.25) is 0 Å². The predicted octanol–water partition coefficient (Wildman–Crippen LogP) is 4.00. The normalized spacial score (nSPS) is 41.1. The van der Waals surface area contributed by atoms with Crippen LogP contribution in [0.15, 0.2) is 30.5 Å². The van der Waals surface area contributed by atoms with E-state index in [1.165, 1.54) is 0 Å². The quantitative estimate of drug-likeness (QED) is 0.605. The first-order chi connectivity index (χ1) is 16.4. The van der Waals surface area contributed by atoms with E-state index in [4.69, 9.17) is 28.7 Å². The number of hydrogen-bond acceptors (Lipinski definition) is 8. The zero-order chi connectivity index (χ0) is 23.5. The van der Waals surface area contributed by atoms with E-state index in [1.807, 2.05) is 37.4 Å². The van der Waals surface area contributed by atoms with Crippen molar-refractivity contribution < 1.29 is 28.7 Å². The van der Waals surface area contributed by atoms with Gasteiger partial charge in [0.25, 0.3) is 0 Å². The number of hydrogen-bond donors (Lipinski definition) is 0. The average molecular weight is 472 g/mol. The summed E-state index contributed by atoms with van der Waals surface area (Å²) in [6, 6.07) is 7.66. The first-order valence-corrected chi connectivity index (χ1v) is 12.3. The lowest BCUT2D eigenvalue weighted by Crippen LogP contribution is -2.70. The molecule has 0 radical (unpaired) electrons. The lowest BCUT2D eigenvalue weighted by atomic mass is 9.58. The summed E-state index contributed by atoms with van der Waals surface area (Å²) in [6.07, 6.45) is 4.95. The maximum atomic E-state index is 6.48. The second kappa shape index (κ2) is 8.27. The molecule has 0 N–H and O–H groups in total. The van der Waals surface area contributed by atoms with E-state index < -0.39 is 24.0 Å². The Morgan fingerprint density at radius 3 is 2.71 bits per heavy atom. The minimum atomic E-state index is -0.788. The summed E-state index contributed by atoms with van der Waals surface area (Å²) in [5.41, 5.74) is 1.06. The van der Waals surface area contributed by atoms with Crippen LogP contribution in [0.4, 0.5) is 0 Å². The van der Waals surface area contributed by atoms with Gasteiger partial charge in [0.2, 0.25) is 5.79 Å². The van der Waals surface area contributed by atoms with E-state index in [9.17, 15) is 0 Å². The molecule has 184 valence electrons. The number of fused-ring (bicyclic) bond motifs is 2. The summed E-state index contributed by atoms with van der Waals surface area (Å²) in [6.45, 7) is 6.73. The lowest BCUT2D eigenvalue weighted by Gasteiger charge is -2.60. The van der Waals surface area contributed by atoms with Gasteiger partial charge in [0.15, 0.2) is 18.2 Å². The number of nitrogens with zero attached hydrogens (tertiary/aromatic N) is 3. The fourth-order valence-electron chi connectivity index (χ4n) is 6.46. The molecule has 2 aromatic rings. The molecule has 0 amide bonds. The average Bonchev–Trinajstić information content (AvgIpc) is 3.20. The van der Waals surface area contributed by atoms with Gasteiger partial charge < -0.3 is 18.9 Å². The monoisotopic (exact) mass is 471 g/mol. The van der Waals surface area contributed by atoms with E-state index >= 15 is 0 Å². The van der Waals surface area contributed by atoms with E-state index in [-0.39, 0.29) is 11.8 Å². The van der Waals surface area contributed by atoms with Crippen molar-refractivity contribution in [3.05, 3.63) is 36.2 Å². The Balaban J connectivity index is 1.19. The van der Waals surface area contributed by atoms with Crippen LogP contribution >= 0.6 is 0 Å². The molecule has 5 heterocycles. The Bertz CT molecular complexity index is 1030. The molecule has 5 aliphatic rings. The molecule has 4 aliphatic heterocycles. The van der Waals surface area contributed by atoms with Crippen LogP contribution in [0.5, 0.6) is 5.75 Å². The molecule has 5 fully saturated rings. The van der Waals surface area contributed by atoms with Crippen molar-refractivity contribution >= 4 is 0 Å². The first-order valence-electron chi connectivity index (χ1n) is 12.3. The van der Waals surface area contributed by atoms with Crippen molar-refractivity contribution in [2.75, 3.05) is 7.11 Å². The third-order valence-corrected chi connectivity index (χ3v) is 8.37. The van der Waals surface area contributed by atoms with Crippen LogP contribution in [0.1, 0.15) is 52.1 Å². The molecule has 1 aliphatic carbocycles. The van der Waals surface area contributed by atoms with Gasteiger partial charge >= 0.3 is 0 Å². The second-order valence-electron chi connectivity index (χ2n) is 10.4. The molecule has 9 heteroatoms. The second-order valence-corrected chi connectivity index (χ2v) is 10.4. The molecule has 0 unspecified atom stereocenters. The van der Waals surface area contributed by atoms with Gasteiger partial charge in [-0.05, 0) is 62.3 Å². The zero-order valence-corrected chi connectivity index (χ0v) is 20.2. The standard InChI is InChI=1S/C25H33N3O6/c1-15-5-10-21-16(2)22(31-23-25(21)20(15)11-12-24(3,32-23)33-34-25)30-14-17-13-28(27-26-17)18-6-8-19(29-4)9-7-18/h6-9,13,15-16,20-23H,5,10-12,14H2,1-4H3/t15-,16-,20+,21+,22+,23-,24-,25-/m1/s1. The highest BCUT2D eigenvalue weighted by Gasteiger charge is 2.69. The lowest BCUT2D eigenvalue weighted by molar-refractivity contribution is -0.577. The summed E-state index contributed by atoms with van der Waals surface area (Å²) in [7, 11) is 1.65. The van der Waals surface area contributed by atoms with Crippen LogP contribution in [-0.2, 0) is 30.6 Å². The van der Waals surface area contributed by atoms with Crippen molar-refractivity contribution in [1.82, 2.24) is 15.0 Å². The fraction of sp³-hybridized carbons (Fsp3) is 0.680. The van der Waals surface area contributed by atoms with Crippen LogP contribution in [0.2, 0.25) is 0 Å². The van der Waals surface area contributed by atoms with Crippen LogP contribution in [0.25, 0.3) is 5.69 Å². The minimum absolute atomic E-state index is 0.123. The Morgan fingerprint density at radius 1 is 1.09 bits per heavy atom. The van der Waals surface area contributed by atoms with Crippen molar-refractivity contribution in [2.45, 2.75) is 77.0 Å². The summed E-state index contributed by atoms with van der Waals surface area (Å²) < 4.78 is 26.1. The maximum absolute atomic E-state index is 6.48. The van der Waals surface area contributed by atoms with Gasteiger partial charge in [-0.15, -0.1) is 5.10 Å². The summed E-state index contributed by atoms with van der Waals surface area (Å²) in [4.78, 5) is 12.1. The molecule has 8 atom stereocenters. The van der Waals surface area contributed by atoms with E-state index in [2.05, 4.69) is 24.2 Å². The topological polar surface area (TPSA) is 86.1 Å². The third kappa shape index (κ3) is 3.48. The minimum Gasteiger partial charge on any atom is -0.497 e. The van der Waals surface area contributed by atoms with Crippen molar-refractivity contribution in [3.8, 4) is 11.4 Å². The molecular weight excluding hydrogens is 438 g/mol. The number of aromatic nitrogens is 3. The summed E-state index contributed by atoms with van der Waals surface area (Å²) in [5, 5.41) is 8.53. The van der Waals surface area contributed by atoms with Crippen molar-refractivity contribution in [2.24, 2.45) is 23.7 Å². The zero-order valence-electron chi connectivity index (χ0n) is 20.2. The number of benzene rings is 1. The smallest absolute Gasteiger partial charge is 0.201 e. The molecular formula is C25H33N3O6. The Kier molecular flexibility index (Phi) is 5.46. The number of rotatable bonds is 5. The fourth-order valence-corrected chi connectivity index (χ4v) is 6.46. The molecule has 1 aromatic heterocycles. The van der Waals surface area contributed by atoms with Crippen LogP contribution in [0, 0.1) is 23.7 Å². The molecule has 1 spiro atoms. The molecule has 34 heavy (non-hydrogen) atoms. The first kappa shape index (κ1) is 22.4. The molecule has 1 aromatic carbocycles. The number of ether oxygens (including phenoxy) is 4. The molecule has 4 saturated heterocycles. The van der Waals surface area contributed by atoms with Gasteiger partial charge in [-0.2, -0.15) is 0 Å². The van der Waals surface area contributed by atoms with Crippen LogP contribution in [0.3, 0.4) is 0 Å². The van der Waals surface area contributed by atoms with E-state index in [0.717, 1.165) is 42.8 Å². The van der Waals surface area contributed by atoms with E-state index in [1.54, 1.807) is 11.8 Å². The highest BCUT2D eigenvalue weighted by Crippen LogP contribution is 2.60. The molecule has 1 saturated carbocycles. The van der Waals surface area contributed by atoms with Crippen molar-refractivity contribution in [3.63, 3.8) is 0 Å². The van der Waals surface area contributed by atoms with Crippen molar-refractivity contribution in [1.29, 1.82) is 0 Å². The molecule has 7 rings (SSSR count). The third-order valence-electron chi connectivity index (χ3n) is 8.37. The van der Waals surface area contributed by atoms with E-state index in [0.29, 0.717) is 18.4 Å². The Morgan fingerprint density at radius 2 is 1.91 bits per heavy atom. The largest absolute Gasteiger partial charge is 0.497 e. The predicted molar refractivity (Wildman–Crippen MR) is 120 cm³/mol. The SMILES string of the molecule is COc1ccc(-n2cc(CO[C@H]3O[C@@H]4O[C@@]5(C)CC[C@H]6[C@H](C)CC[C@@H]([C@H]3C)[C@@]46OO5)nn2)cc1. The highest BCUT2D eigenvalue weighted by atomic mass is 17.3. The Labute approximate surface area is 199 Å². The van der Waals surface area contributed by atoms with Gasteiger partial charge in [0, 0.05) is 18.3 Å². The van der Waals surface area contributed by atoms with Gasteiger partial charge in [0.05, 0.1) is 25.6 Å². The molecule has 2 bridgehead atoms. The number of methoxy groups -OCH3 is 1. The highest BCUT2D eigenvalue weighted by molar-refractivity contribution is 5.36. The maximum Gasteiger partial charge on any atom is 0.201 e. The summed E-state index contributed by atoms with van der Waals surface area (Å²) in [5.74, 6) is 1.24. The van der Waals surface area contributed by atoms with Crippen LogP contribution in [-0.4, -0.2) is 46.1 Å². The molecule has 9 nitrogen and oxygen atoms in total. The van der Waals surface area contributed by atoms with Gasteiger partial charge in [-0.25, -0.2) is 14.5 Å². The van der Waals surface area contributed by atoms with Gasteiger partial charge in [0.1, 0.15) is 11.4 Å².